The molecule has 0 bridgehead atoms. The third-order valence-electron chi connectivity index (χ3n) is 5.28. The molecule has 0 radical (unpaired) electrons. The number of amides is 3. The third-order valence-corrected chi connectivity index (χ3v) is 5.28. The van der Waals surface area contributed by atoms with Crippen molar-refractivity contribution in [2.24, 2.45) is 0 Å². The van der Waals surface area contributed by atoms with Crippen LogP contribution in [-0.2, 0) is 0 Å². The van der Waals surface area contributed by atoms with Gasteiger partial charge in [-0.25, -0.2) is 8.78 Å². The first-order valence-electron chi connectivity index (χ1n) is 9.91. The largest absolute Gasteiger partial charge is 0.331 e. The first-order valence-corrected chi connectivity index (χ1v) is 9.91. The van der Waals surface area contributed by atoms with Crippen LogP contribution < -0.4 is 0 Å². The quantitative estimate of drug-likeness (QED) is 0.528. The Morgan fingerprint density at radius 3 is 2.25 bits per heavy atom. The van der Waals surface area contributed by atoms with E-state index in [0.29, 0.717) is 0 Å². The normalized spacial score (nSPS) is 13.9. The van der Waals surface area contributed by atoms with Crippen molar-refractivity contribution in [1.29, 1.82) is 0 Å². The SMILES string of the molecule is C[C@@H](CN1C(=O)c2ccccc2C1=O)N(CCF)C(=O)c1cccc(F)c1-n1nccn1. The van der Waals surface area contributed by atoms with Gasteiger partial charge >= 0.3 is 0 Å². The van der Waals surface area contributed by atoms with Gasteiger partial charge in [0.1, 0.15) is 12.4 Å². The molecule has 10 heteroatoms. The molecule has 1 aliphatic heterocycles. The molecule has 3 aromatic rings. The molecule has 164 valence electrons. The molecule has 0 saturated carbocycles. The van der Waals surface area contributed by atoms with Gasteiger partial charge in [0.15, 0.2) is 5.82 Å². The van der Waals surface area contributed by atoms with Gasteiger partial charge in [0.05, 0.1) is 29.1 Å². The van der Waals surface area contributed by atoms with Gasteiger partial charge in [0, 0.05) is 19.1 Å². The molecule has 0 spiro atoms. The number of hydrogen-bond donors (Lipinski definition) is 0. The predicted molar refractivity (Wildman–Crippen MR) is 110 cm³/mol. The van der Waals surface area contributed by atoms with Crippen molar-refractivity contribution in [3.63, 3.8) is 0 Å². The van der Waals surface area contributed by atoms with Gasteiger partial charge in [0.2, 0.25) is 0 Å². The summed E-state index contributed by atoms with van der Waals surface area (Å²) in [6.07, 6.45) is 2.68. The number of rotatable bonds is 7. The van der Waals surface area contributed by atoms with Gasteiger partial charge in [-0.3, -0.25) is 19.3 Å². The molecule has 0 N–H and O–H groups in total. The average molecular weight is 439 g/mol. The van der Waals surface area contributed by atoms with Crippen LogP contribution in [0, 0.1) is 5.82 Å². The van der Waals surface area contributed by atoms with E-state index in [1.165, 1.54) is 29.4 Å². The zero-order chi connectivity index (χ0) is 22.8. The van der Waals surface area contributed by atoms with Crippen molar-refractivity contribution < 1.29 is 23.2 Å². The summed E-state index contributed by atoms with van der Waals surface area (Å²) in [7, 11) is 0. The van der Waals surface area contributed by atoms with E-state index in [-0.39, 0.29) is 35.5 Å². The van der Waals surface area contributed by atoms with Crippen molar-refractivity contribution in [2.75, 3.05) is 19.8 Å². The fourth-order valence-corrected chi connectivity index (χ4v) is 3.76. The van der Waals surface area contributed by atoms with Crippen LogP contribution in [0.4, 0.5) is 8.78 Å². The monoisotopic (exact) mass is 439 g/mol. The fourth-order valence-electron chi connectivity index (χ4n) is 3.76. The molecule has 0 fully saturated rings. The second-order valence-electron chi connectivity index (χ2n) is 7.26. The molecule has 32 heavy (non-hydrogen) atoms. The number of hydrogen-bond acceptors (Lipinski definition) is 5. The molecule has 0 saturated heterocycles. The Morgan fingerprint density at radius 2 is 1.66 bits per heavy atom. The highest BCUT2D eigenvalue weighted by atomic mass is 19.1. The Kier molecular flexibility index (Phi) is 5.76. The minimum Gasteiger partial charge on any atom is -0.331 e. The Labute approximate surface area is 182 Å². The lowest BCUT2D eigenvalue weighted by atomic mass is 10.1. The standard InChI is InChI=1S/C22H19F2N5O3/c1-14(13-28-20(30)15-5-2-3-6-16(15)21(28)31)27(12-9-23)22(32)17-7-4-8-18(24)19(17)29-25-10-11-26-29/h2-8,10-11,14H,9,12-13H2,1H3/t14-/m0/s1. The van der Waals surface area contributed by atoms with Crippen molar-refractivity contribution >= 4 is 17.7 Å². The molecule has 0 unspecified atom stereocenters. The molecule has 1 aliphatic rings. The average Bonchev–Trinajstić information content (AvgIpc) is 3.40. The second kappa shape index (κ2) is 8.66. The van der Waals surface area contributed by atoms with Crippen LogP contribution in [0.5, 0.6) is 0 Å². The summed E-state index contributed by atoms with van der Waals surface area (Å²) in [6, 6.07) is 9.61. The maximum absolute atomic E-state index is 14.6. The Morgan fingerprint density at radius 1 is 1.03 bits per heavy atom. The minimum absolute atomic E-state index is 0.0659. The molecule has 3 amide bonds. The lowest BCUT2D eigenvalue weighted by Crippen LogP contribution is -2.48. The number of alkyl halides is 1. The number of fused-ring (bicyclic) bond motifs is 1. The Hall–Kier alpha value is -3.95. The zero-order valence-corrected chi connectivity index (χ0v) is 17.1. The number of benzene rings is 2. The van der Waals surface area contributed by atoms with Gasteiger partial charge in [-0.1, -0.05) is 18.2 Å². The number of aromatic nitrogens is 3. The lowest BCUT2D eigenvalue weighted by Gasteiger charge is -2.31. The first kappa shape index (κ1) is 21.3. The van der Waals surface area contributed by atoms with Crippen molar-refractivity contribution in [1.82, 2.24) is 24.8 Å². The molecule has 1 atom stereocenters. The summed E-state index contributed by atoms with van der Waals surface area (Å²) in [5.74, 6) is -2.34. The number of nitrogens with zero attached hydrogens (tertiary/aromatic N) is 5. The number of carbonyl (C=O) groups is 3. The lowest BCUT2D eigenvalue weighted by molar-refractivity contribution is 0.0525. The summed E-state index contributed by atoms with van der Waals surface area (Å²) in [4.78, 5) is 41.9. The van der Waals surface area contributed by atoms with Crippen molar-refractivity contribution in [3.8, 4) is 5.69 Å². The Balaban J connectivity index is 1.62. The number of para-hydroxylation sites is 1. The van der Waals surface area contributed by atoms with E-state index in [1.807, 2.05) is 0 Å². The van der Waals surface area contributed by atoms with E-state index in [2.05, 4.69) is 10.2 Å². The highest BCUT2D eigenvalue weighted by Gasteiger charge is 2.37. The van der Waals surface area contributed by atoms with Crippen LogP contribution in [0.1, 0.15) is 38.0 Å². The van der Waals surface area contributed by atoms with Crippen LogP contribution in [0.15, 0.2) is 54.9 Å². The van der Waals surface area contributed by atoms with E-state index in [0.717, 1.165) is 15.8 Å². The third kappa shape index (κ3) is 3.64. The van der Waals surface area contributed by atoms with Crippen molar-refractivity contribution in [3.05, 3.63) is 77.4 Å². The van der Waals surface area contributed by atoms with Crippen LogP contribution in [0.2, 0.25) is 0 Å². The summed E-state index contributed by atoms with van der Waals surface area (Å²) in [5.41, 5.74) is 0.332. The summed E-state index contributed by atoms with van der Waals surface area (Å²) >= 11 is 0. The molecule has 2 heterocycles. The van der Waals surface area contributed by atoms with E-state index in [1.54, 1.807) is 31.2 Å². The minimum atomic E-state index is -0.858. The van der Waals surface area contributed by atoms with E-state index >= 15 is 0 Å². The van der Waals surface area contributed by atoms with E-state index in [9.17, 15) is 23.2 Å². The number of carbonyl (C=O) groups excluding carboxylic acids is 3. The van der Waals surface area contributed by atoms with E-state index in [4.69, 9.17) is 0 Å². The maximum Gasteiger partial charge on any atom is 0.261 e. The van der Waals surface area contributed by atoms with Gasteiger partial charge in [-0.2, -0.15) is 10.2 Å². The van der Waals surface area contributed by atoms with E-state index < -0.39 is 36.3 Å². The van der Waals surface area contributed by atoms with Gasteiger partial charge in [-0.05, 0) is 31.2 Å². The smallest absolute Gasteiger partial charge is 0.261 e. The molecule has 0 aliphatic carbocycles. The maximum atomic E-state index is 14.6. The molecule has 1 aromatic heterocycles. The highest BCUT2D eigenvalue weighted by Crippen LogP contribution is 2.24. The number of imide groups is 1. The first-order chi connectivity index (χ1) is 15.4. The topological polar surface area (TPSA) is 88.4 Å². The van der Waals surface area contributed by atoms with Gasteiger partial charge in [-0.15, -0.1) is 4.80 Å². The van der Waals surface area contributed by atoms with Gasteiger partial charge in [0.25, 0.3) is 17.7 Å². The van der Waals surface area contributed by atoms with Crippen molar-refractivity contribution in [2.45, 2.75) is 13.0 Å². The molecular weight excluding hydrogens is 420 g/mol. The summed E-state index contributed by atoms with van der Waals surface area (Å²) in [5, 5.41) is 7.78. The second-order valence-corrected chi connectivity index (χ2v) is 7.26. The van der Waals surface area contributed by atoms with Gasteiger partial charge < -0.3 is 4.90 Å². The summed E-state index contributed by atoms with van der Waals surface area (Å²) < 4.78 is 27.9. The predicted octanol–water partition coefficient (Wildman–Crippen LogP) is 2.50. The summed E-state index contributed by atoms with van der Waals surface area (Å²) in [6.45, 7) is 0.305. The molecule has 8 nitrogen and oxygen atoms in total. The number of halogens is 2. The zero-order valence-electron chi connectivity index (χ0n) is 17.1. The molecule has 2 aromatic carbocycles. The van der Waals surface area contributed by atoms with Crippen LogP contribution in [-0.4, -0.2) is 68.3 Å². The Bertz CT molecular complexity index is 1150. The van der Waals surface area contributed by atoms with Crippen LogP contribution in [0.25, 0.3) is 5.69 Å². The van der Waals surface area contributed by atoms with Crippen LogP contribution >= 0.6 is 0 Å². The molecular formula is C22H19F2N5O3. The highest BCUT2D eigenvalue weighted by molar-refractivity contribution is 6.21. The van der Waals surface area contributed by atoms with Crippen LogP contribution in [0.3, 0.4) is 0 Å². The molecule has 4 rings (SSSR count). The fraction of sp³-hybridized carbons (Fsp3) is 0.227.